The van der Waals surface area contributed by atoms with Crippen LogP contribution in [0.3, 0.4) is 0 Å². The average molecular weight is 449 g/mol. The Bertz CT molecular complexity index is 876. The quantitative estimate of drug-likeness (QED) is 0.450. The molecule has 2 aliphatic rings. The van der Waals surface area contributed by atoms with E-state index < -0.39 is 0 Å². The van der Waals surface area contributed by atoms with Crippen LogP contribution in [-0.4, -0.2) is 44.9 Å². The normalized spacial score (nSPS) is 19.2. The van der Waals surface area contributed by atoms with Gasteiger partial charge < -0.3 is 9.30 Å². The minimum Gasteiger partial charge on any atom is -0.466 e. The molecule has 2 aromatic rings. The van der Waals surface area contributed by atoms with Crippen molar-refractivity contribution in [3.8, 4) is 0 Å². The molecule has 0 radical (unpaired) electrons. The van der Waals surface area contributed by atoms with Crippen LogP contribution in [0.5, 0.6) is 0 Å². The third-order valence-corrected chi connectivity index (χ3v) is 7.62. The van der Waals surface area contributed by atoms with Gasteiger partial charge in [-0.3, -0.25) is 9.69 Å². The number of ether oxygens (including phenoxy) is 1. The second-order valence-corrected chi connectivity index (χ2v) is 9.80. The van der Waals surface area contributed by atoms with Crippen molar-refractivity contribution in [2.24, 2.45) is 5.92 Å². The van der Waals surface area contributed by atoms with Gasteiger partial charge in [0, 0.05) is 30.4 Å². The second kappa shape index (κ2) is 10.2. The van der Waals surface area contributed by atoms with Crippen molar-refractivity contribution in [1.82, 2.24) is 19.2 Å². The zero-order chi connectivity index (χ0) is 20.9. The van der Waals surface area contributed by atoms with Crippen LogP contribution >= 0.6 is 23.6 Å². The van der Waals surface area contributed by atoms with Gasteiger partial charge in [-0.15, -0.1) is 11.3 Å². The molecule has 3 heterocycles. The molecule has 0 aromatic carbocycles. The molecule has 30 heavy (non-hydrogen) atoms. The minimum atomic E-state index is -0.0476. The molecule has 0 bridgehead atoms. The number of hydrogen-bond acceptors (Lipinski definition) is 6. The number of esters is 1. The molecule has 4 rings (SSSR count). The van der Waals surface area contributed by atoms with Gasteiger partial charge in [-0.05, 0) is 56.3 Å². The summed E-state index contributed by atoms with van der Waals surface area (Å²) in [4.78, 5) is 15.7. The first-order valence-electron chi connectivity index (χ1n) is 11.2. The van der Waals surface area contributed by atoms with E-state index in [1.54, 1.807) is 11.3 Å². The number of aromatic nitrogens is 3. The van der Waals surface area contributed by atoms with Crippen LogP contribution in [0.4, 0.5) is 0 Å². The molecule has 0 unspecified atom stereocenters. The maximum atomic E-state index is 12.0. The number of rotatable bonds is 7. The summed E-state index contributed by atoms with van der Waals surface area (Å²) in [5.41, 5.74) is 0. The predicted octanol–water partition coefficient (Wildman–Crippen LogP) is 4.80. The van der Waals surface area contributed by atoms with Gasteiger partial charge in [0.05, 0.1) is 19.2 Å². The summed E-state index contributed by atoms with van der Waals surface area (Å²) in [6, 6.07) is 4.76. The van der Waals surface area contributed by atoms with E-state index in [1.165, 1.54) is 37.0 Å². The van der Waals surface area contributed by atoms with Gasteiger partial charge in [0.25, 0.3) is 0 Å². The average Bonchev–Trinajstić information content (AvgIpc) is 3.38. The predicted molar refractivity (Wildman–Crippen MR) is 121 cm³/mol. The van der Waals surface area contributed by atoms with E-state index in [1.807, 2.05) is 11.6 Å². The number of nitrogens with zero attached hydrogens (tertiary/aromatic N) is 4. The summed E-state index contributed by atoms with van der Waals surface area (Å²) < 4.78 is 10.4. The highest BCUT2D eigenvalue weighted by Gasteiger charge is 2.27. The monoisotopic (exact) mass is 448 g/mol. The van der Waals surface area contributed by atoms with Crippen LogP contribution in [0.25, 0.3) is 0 Å². The minimum absolute atomic E-state index is 0.0309. The Hall–Kier alpha value is -1.51. The smallest absolute Gasteiger partial charge is 0.309 e. The fourth-order valence-corrected chi connectivity index (χ4v) is 5.77. The zero-order valence-corrected chi connectivity index (χ0v) is 19.4. The van der Waals surface area contributed by atoms with E-state index in [9.17, 15) is 4.79 Å². The first-order chi connectivity index (χ1) is 14.7. The van der Waals surface area contributed by atoms with Gasteiger partial charge in [-0.2, -0.15) is 5.10 Å². The molecule has 0 atom stereocenters. The largest absolute Gasteiger partial charge is 0.466 e. The highest BCUT2D eigenvalue weighted by Crippen LogP contribution is 2.30. The van der Waals surface area contributed by atoms with Crippen LogP contribution in [0.15, 0.2) is 17.5 Å². The Morgan fingerprint density at radius 1 is 1.23 bits per heavy atom. The molecule has 2 aromatic heterocycles. The van der Waals surface area contributed by atoms with Crippen molar-refractivity contribution in [3.05, 3.63) is 33.0 Å². The number of piperidine rings is 1. The lowest BCUT2D eigenvalue weighted by Crippen LogP contribution is -2.38. The fourth-order valence-electron chi connectivity index (χ4n) is 4.71. The lowest BCUT2D eigenvalue weighted by Gasteiger charge is -2.30. The molecule has 1 saturated heterocycles. The topological polar surface area (TPSA) is 52.3 Å². The Morgan fingerprint density at radius 2 is 2.00 bits per heavy atom. The Kier molecular flexibility index (Phi) is 7.38. The van der Waals surface area contributed by atoms with Crippen molar-refractivity contribution in [2.75, 3.05) is 19.7 Å². The van der Waals surface area contributed by atoms with Crippen molar-refractivity contribution < 1.29 is 9.53 Å². The van der Waals surface area contributed by atoms with Gasteiger partial charge in [-0.1, -0.05) is 25.3 Å². The van der Waals surface area contributed by atoms with Crippen LogP contribution in [-0.2, 0) is 22.6 Å². The summed E-state index contributed by atoms with van der Waals surface area (Å²) in [6.45, 7) is 4.78. The summed E-state index contributed by atoms with van der Waals surface area (Å²) in [7, 11) is 0. The molecular weight excluding hydrogens is 416 g/mol. The summed E-state index contributed by atoms with van der Waals surface area (Å²) in [5.74, 6) is 1.08. The Labute approximate surface area is 187 Å². The zero-order valence-electron chi connectivity index (χ0n) is 17.8. The lowest BCUT2D eigenvalue weighted by molar-refractivity contribution is -0.149. The third-order valence-electron chi connectivity index (χ3n) is 6.33. The molecule has 164 valence electrons. The summed E-state index contributed by atoms with van der Waals surface area (Å²) in [6.07, 6.45) is 8.80. The maximum absolute atomic E-state index is 12.0. The molecule has 1 saturated carbocycles. The number of carbonyl (C=O) groups is 1. The number of carbonyl (C=O) groups excluding carboxylic acids is 1. The van der Waals surface area contributed by atoms with Gasteiger partial charge in [0.1, 0.15) is 5.82 Å². The fraction of sp³-hybridized carbons (Fsp3) is 0.682. The third kappa shape index (κ3) is 5.03. The standard InChI is InChI=1S/C22H32N4O2S2/c1-2-28-21(27)17-10-12-24(13-11-17)16-25-22(29)26(18-7-4-3-5-8-18)20(23-25)15-19-9-6-14-30-19/h6,9,14,17-18H,2-5,7-8,10-13,15-16H2,1H3. The summed E-state index contributed by atoms with van der Waals surface area (Å²) >= 11 is 7.70. The van der Waals surface area contributed by atoms with Crippen molar-refractivity contribution in [2.45, 2.75) is 71.0 Å². The first kappa shape index (κ1) is 21.7. The van der Waals surface area contributed by atoms with E-state index in [2.05, 4.69) is 27.0 Å². The molecule has 1 aliphatic carbocycles. The van der Waals surface area contributed by atoms with Crippen LogP contribution in [0, 0.1) is 10.7 Å². The molecular formula is C22H32N4O2S2. The maximum Gasteiger partial charge on any atom is 0.309 e. The molecule has 0 spiro atoms. The molecule has 0 amide bonds. The highest BCUT2D eigenvalue weighted by atomic mass is 32.1. The molecule has 6 nitrogen and oxygen atoms in total. The molecule has 1 aliphatic heterocycles. The van der Waals surface area contributed by atoms with Crippen molar-refractivity contribution in [3.63, 3.8) is 0 Å². The first-order valence-corrected chi connectivity index (χ1v) is 12.5. The number of likely N-dealkylation sites (tertiary alicyclic amines) is 1. The second-order valence-electron chi connectivity index (χ2n) is 8.40. The van der Waals surface area contributed by atoms with Crippen molar-refractivity contribution in [1.29, 1.82) is 0 Å². The highest BCUT2D eigenvalue weighted by molar-refractivity contribution is 7.71. The van der Waals surface area contributed by atoms with Crippen LogP contribution in [0.2, 0.25) is 0 Å². The van der Waals surface area contributed by atoms with E-state index in [0.717, 1.165) is 42.9 Å². The van der Waals surface area contributed by atoms with Crippen LogP contribution in [0.1, 0.15) is 68.6 Å². The molecule has 8 heteroatoms. The van der Waals surface area contributed by atoms with Crippen molar-refractivity contribution >= 4 is 29.5 Å². The van der Waals surface area contributed by atoms with Gasteiger partial charge in [0.15, 0.2) is 4.77 Å². The number of hydrogen-bond donors (Lipinski definition) is 0. The summed E-state index contributed by atoms with van der Waals surface area (Å²) in [5, 5.41) is 7.11. The Morgan fingerprint density at radius 3 is 2.67 bits per heavy atom. The van der Waals surface area contributed by atoms with E-state index >= 15 is 0 Å². The molecule has 2 fully saturated rings. The molecule has 0 N–H and O–H groups in total. The van der Waals surface area contributed by atoms with Gasteiger partial charge in [-0.25, -0.2) is 4.68 Å². The SMILES string of the molecule is CCOC(=O)C1CCN(Cn2nc(Cc3cccs3)n(C3CCCCC3)c2=S)CC1. The number of thiophene rings is 1. The van der Waals surface area contributed by atoms with Gasteiger partial charge >= 0.3 is 5.97 Å². The van der Waals surface area contributed by atoms with E-state index in [0.29, 0.717) is 19.3 Å². The van der Waals surface area contributed by atoms with Crippen LogP contribution < -0.4 is 0 Å². The van der Waals surface area contributed by atoms with E-state index in [4.69, 9.17) is 22.1 Å². The Balaban J connectivity index is 1.48. The van der Waals surface area contributed by atoms with E-state index in [-0.39, 0.29) is 11.9 Å². The lowest BCUT2D eigenvalue weighted by atomic mass is 9.95. The van der Waals surface area contributed by atoms with Gasteiger partial charge in [0.2, 0.25) is 0 Å².